The molecule has 4 aromatic rings. The number of hydrogen-bond donors (Lipinski definition) is 1. The molecule has 0 bridgehead atoms. The van der Waals surface area contributed by atoms with E-state index < -0.39 is 6.36 Å². The van der Waals surface area contributed by atoms with E-state index >= 15 is 0 Å². The highest BCUT2D eigenvalue weighted by molar-refractivity contribution is 5.76. The van der Waals surface area contributed by atoms with Crippen molar-refractivity contribution in [1.29, 1.82) is 0 Å². The van der Waals surface area contributed by atoms with Gasteiger partial charge in [0.05, 0.1) is 6.20 Å². The zero-order chi connectivity index (χ0) is 22.7. The summed E-state index contributed by atoms with van der Waals surface area (Å²) in [5.74, 6) is -0.364. The number of ether oxygens (including phenoxy) is 1. The fraction of sp³-hybridized carbons (Fsp3) is 0.136. The van der Waals surface area contributed by atoms with Crippen LogP contribution in [-0.4, -0.2) is 25.7 Å². The molecule has 0 spiro atoms. The molecule has 164 valence electrons. The molecule has 0 radical (unpaired) electrons. The third kappa shape index (κ3) is 4.97. The van der Waals surface area contributed by atoms with Crippen LogP contribution in [0.15, 0.2) is 78.2 Å². The molecule has 0 saturated carbocycles. The molecule has 1 N–H and O–H groups in total. The van der Waals surface area contributed by atoms with Crippen molar-refractivity contribution in [3.63, 3.8) is 0 Å². The minimum absolute atomic E-state index is 0.351. The summed E-state index contributed by atoms with van der Waals surface area (Å²) < 4.78 is 44.1. The van der Waals surface area contributed by atoms with Crippen LogP contribution >= 0.6 is 0 Å². The second-order valence-corrected chi connectivity index (χ2v) is 6.97. The number of halogens is 3. The summed E-state index contributed by atoms with van der Waals surface area (Å²) in [7, 11) is 1.78. The number of aromatic nitrogens is 4. The Morgan fingerprint density at radius 1 is 1.09 bits per heavy atom. The lowest BCUT2D eigenvalue weighted by molar-refractivity contribution is -0.274. The molecule has 7 nitrogen and oxygen atoms in total. The van der Waals surface area contributed by atoms with E-state index in [0.717, 1.165) is 23.3 Å². The molecule has 0 aliphatic rings. The van der Waals surface area contributed by atoms with E-state index in [2.05, 4.69) is 20.1 Å². The van der Waals surface area contributed by atoms with Gasteiger partial charge in [0.15, 0.2) is 0 Å². The summed E-state index contributed by atoms with van der Waals surface area (Å²) in [4.78, 5) is 16.9. The first-order chi connectivity index (χ1) is 15.3. The summed E-state index contributed by atoms with van der Waals surface area (Å²) in [6, 6.07) is 10.3. The SMILES string of the molecule is Cn1cc(-c2cn(-c3ccc(OC(F)(F)F)cc3)c(=O)cc2NCc2cccnc2)cn1. The van der Waals surface area contributed by atoms with E-state index in [0.29, 0.717) is 23.5 Å². The first-order valence-corrected chi connectivity index (χ1v) is 9.53. The lowest BCUT2D eigenvalue weighted by Gasteiger charge is -2.15. The molecule has 1 aromatic carbocycles. The Balaban J connectivity index is 1.70. The normalized spacial score (nSPS) is 11.4. The number of nitrogens with zero attached hydrogens (tertiary/aromatic N) is 4. The zero-order valence-electron chi connectivity index (χ0n) is 16.9. The van der Waals surface area contributed by atoms with Gasteiger partial charge in [-0.2, -0.15) is 5.10 Å². The second kappa shape index (κ2) is 8.58. The van der Waals surface area contributed by atoms with E-state index in [4.69, 9.17) is 0 Å². The standard InChI is InChI=1S/C22H18F3N5O2/c1-29-13-16(12-28-29)19-14-30(17-4-6-18(7-5-17)32-22(23,24)25)21(31)9-20(19)27-11-15-3-2-8-26-10-15/h2-10,12-14,27H,11H2,1H3. The van der Waals surface area contributed by atoms with Crippen LogP contribution < -0.4 is 15.6 Å². The van der Waals surface area contributed by atoms with Crippen molar-refractivity contribution in [2.75, 3.05) is 5.32 Å². The van der Waals surface area contributed by atoms with Gasteiger partial charge in [-0.1, -0.05) is 6.07 Å². The molecule has 3 heterocycles. The Hall–Kier alpha value is -4.08. The zero-order valence-corrected chi connectivity index (χ0v) is 16.9. The predicted octanol–water partition coefficient (Wildman–Crippen LogP) is 4.14. The third-order valence-corrected chi connectivity index (χ3v) is 4.62. The Labute approximate surface area is 180 Å². The minimum atomic E-state index is -4.78. The topological polar surface area (TPSA) is 74.0 Å². The van der Waals surface area contributed by atoms with Crippen molar-refractivity contribution in [1.82, 2.24) is 19.3 Å². The number of aryl methyl sites for hydroxylation is 1. The summed E-state index contributed by atoms with van der Waals surface area (Å²) in [5.41, 5.74) is 3.06. The van der Waals surface area contributed by atoms with Gasteiger partial charge in [-0.05, 0) is 35.9 Å². The third-order valence-electron chi connectivity index (χ3n) is 4.62. The highest BCUT2D eigenvalue weighted by Crippen LogP contribution is 2.28. The van der Waals surface area contributed by atoms with E-state index in [1.165, 1.54) is 22.8 Å². The Morgan fingerprint density at radius 3 is 2.50 bits per heavy atom. The van der Waals surface area contributed by atoms with Crippen molar-refractivity contribution < 1.29 is 17.9 Å². The van der Waals surface area contributed by atoms with Crippen LogP contribution in [0.4, 0.5) is 18.9 Å². The van der Waals surface area contributed by atoms with Gasteiger partial charge >= 0.3 is 6.36 Å². The van der Waals surface area contributed by atoms with E-state index in [1.54, 1.807) is 42.7 Å². The van der Waals surface area contributed by atoms with Gasteiger partial charge in [0, 0.05) is 66.9 Å². The van der Waals surface area contributed by atoms with Crippen molar-refractivity contribution >= 4 is 5.69 Å². The maximum atomic E-state index is 12.8. The molecule has 10 heteroatoms. The molecule has 4 rings (SSSR count). The number of benzene rings is 1. The van der Waals surface area contributed by atoms with Crippen LogP contribution in [0, 0.1) is 0 Å². The largest absolute Gasteiger partial charge is 0.573 e. The highest BCUT2D eigenvalue weighted by atomic mass is 19.4. The lowest BCUT2D eigenvalue weighted by Crippen LogP contribution is -2.19. The van der Waals surface area contributed by atoms with Crippen molar-refractivity contribution in [2.45, 2.75) is 12.9 Å². The van der Waals surface area contributed by atoms with Crippen LogP contribution in [0.25, 0.3) is 16.8 Å². The maximum absolute atomic E-state index is 12.8. The van der Waals surface area contributed by atoms with Crippen molar-refractivity contribution in [2.24, 2.45) is 7.05 Å². The quantitative estimate of drug-likeness (QED) is 0.487. The number of rotatable bonds is 6. The summed E-state index contributed by atoms with van der Waals surface area (Å²) in [6.45, 7) is 0.452. The van der Waals surface area contributed by atoms with Gasteiger partial charge in [-0.25, -0.2) is 0 Å². The van der Waals surface area contributed by atoms with Crippen LogP contribution in [0.1, 0.15) is 5.56 Å². The number of nitrogens with one attached hydrogen (secondary N) is 1. The smallest absolute Gasteiger partial charge is 0.406 e. The Bertz CT molecular complexity index is 1270. The van der Waals surface area contributed by atoms with Gasteiger partial charge in [-0.15, -0.1) is 13.2 Å². The molecule has 0 unspecified atom stereocenters. The Morgan fingerprint density at radius 2 is 1.88 bits per heavy atom. The molecule has 32 heavy (non-hydrogen) atoms. The van der Waals surface area contributed by atoms with Gasteiger partial charge in [0.25, 0.3) is 5.56 Å². The molecule has 0 fully saturated rings. The molecular weight excluding hydrogens is 423 g/mol. The minimum Gasteiger partial charge on any atom is -0.406 e. The average molecular weight is 441 g/mol. The molecule has 0 aliphatic heterocycles. The first kappa shape index (κ1) is 21.2. The summed E-state index contributed by atoms with van der Waals surface area (Å²) in [5, 5.41) is 7.45. The fourth-order valence-corrected chi connectivity index (χ4v) is 3.18. The van der Waals surface area contributed by atoms with E-state index in [-0.39, 0.29) is 11.3 Å². The van der Waals surface area contributed by atoms with Gasteiger partial charge in [-0.3, -0.25) is 19.0 Å². The van der Waals surface area contributed by atoms with E-state index in [9.17, 15) is 18.0 Å². The fourth-order valence-electron chi connectivity index (χ4n) is 3.18. The number of pyridine rings is 2. The van der Waals surface area contributed by atoms with Gasteiger partial charge in [0.1, 0.15) is 5.75 Å². The summed E-state index contributed by atoms with van der Waals surface area (Å²) >= 11 is 0. The molecule has 0 aliphatic carbocycles. The Kier molecular flexibility index (Phi) is 5.67. The van der Waals surface area contributed by atoms with Crippen LogP contribution in [0.5, 0.6) is 5.75 Å². The molecular formula is C22H18F3N5O2. The number of alkyl halides is 3. The first-order valence-electron chi connectivity index (χ1n) is 9.53. The second-order valence-electron chi connectivity index (χ2n) is 6.97. The van der Waals surface area contributed by atoms with Gasteiger partial charge < -0.3 is 10.1 Å². The van der Waals surface area contributed by atoms with Crippen molar-refractivity contribution in [3.8, 4) is 22.6 Å². The molecule has 0 amide bonds. The van der Waals surface area contributed by atoms with Crippen LogP contribution in [0.3, 0.4) is 0 Å². The lowest BCUT2D eigenvalue weighted by atomic mass is 10.1. The summed E-state index contributed by atoms with van der Waals surface area (Å²) in [6.07, 6.45) is 3.72. The van der Waals surface area contributed by atoms with Gasteiger partial charge in [0.2, 0.25) is 0 Å². The molecule has 0 atom stereocenters. The van der Waals surface area contributed by atoms with Crippen LogP contribution in [-0.2, 0) is 13.6 Å². The van der Waals surface area contributed by atoms with E-state index in [1.807, 2.05) is 12.1 Å². The highest BCUT2D eigenvalue weighted by Gasteiger charge is 2.31. The number of anilines is 1. The van der Waals surface area contributed by atoms with Crippen LogP contribution in [0.2, 0.25) is 0 Å². The predicted molar refractivity (Wildman–Crippen MR) is 112 cm³/mol. The maximum Gasteiger partial charge on any atom is 0.573 e. The molecule has 3 aromatic heterocycles. The monoisotopic (exact) mass is 441 g/mol. The number of hydrogen-bond acceptors (Lipinski definition) is 5. The average Bonchev–Trinajstić information content (AvgIpc) is 3.19. The molecule has 0 saturated heterocycles. The van der Waals surface area contributed by atoms with Crippen molar-refractivity contribution in [3.05, 3.63) is 89.4 Å².